The summed E-state index contributed by atoms with van der Waals surface area (Å²) in [5.41, 5.74) is 2.35. The Bertz CT molecular complexity index is 718. The lowest BCUT2D eigenvalue weighted by Crippen LogP contribution is -1.98. The fourth-order valence-electron chi connectivity index (χ4n) is 2.26. The Morgan fingerprint density at radius 1 is 1.11 bits per heavy atom. The second kappa shape index (κ2) is 4.98. The molecule has 1 aromatic heterocycles. The van der Waals surface area contributed by atoms with Gasteiger partial charge in [-0.1, -0.05) is 29.8 Å². The van der Waals surface area contributed by atoms with E-state index in [0.717, 1.165) is 22.8 Å². The van der Waals surface area contributed by atoms with Crippen LogP contribution in [0.3, 0.4) is 0 Å². The van der Waals surface area contributed by atoms with Gasteiger partial charge < -0.3 is 9.30 Å². The van der Waals surface area contributed by atoms with Crippen LogP contribution in [0.5, 0.6) is 5.75 Å². The molecule has 0 radical (unpaired) electrons. The topological polar surface area (TPSA) is 14.2 Å². The van der Waals surface area contributed by atoms with Crippen molar-refractivity contribution in [3.05, 3.63) is 65.3 Å². The second-order valence-corrected chi connectivity index (χ2v) is 4.93. The van der Waals surface area contributed by atoms with Gasteiger partial charge in [0.2, 0.25) is 0 Å². The number of fused-ring (bicyclic) bond motifs is 1. The van der Waals surface area contributed by atoms with E-state index in [2.05, 4.69) is 29.0 Å². The summed E-state index contributed by atoms with van der Waals surface area (Å²) >= 11 is 6.06. The Morgan fingerprint density at radius 3 is 2.84 bits per heavy atom. The van der Waals surface area contributed by atoms with Gasteiger partial charge in [0.15, 0.2) is 0 Å². The number of rotatable bonds is 3. The molecule has 2 aromatic carbocycles. The van der Waals surface area contributed by atoms with Crippen LogP contribution in [0.15, 0.2) is 54.7 Å². The lowest BCUT2D eigenvalue weighted by Gasteiger charge is -2.07. The molecule has 0 aliphatic heterocycles. The number of aromatic nitrogens is 1. The summed E-state index contributed by atoms with van der Waals surface area (Å²) in [5.74, 6) is 0.881. The highest BCUT2D eigenvalue weighted by Gasteiger charge is 2.03. The summed E-state index contributed by atoms with van der Waals surface area (Å²) in [4.78, 5) is 0. The van der Waals surface area contributed by atoms with Crippen LogP contribution in [0.2, 0.25) is 5.02 Å². The van der Waals surface area contributed by atoms with E-state index in [1.165, 1.54) is 10.9 Å². The molecule has 3 rings (SSSR count). The molecule has 0 atom stereocenters. The fourth-order valence-corrected chi connectivity index (χ4v) is 2.43. The first-order valence-electron chi connectivity index (χ1n) is 6.13. The molecule has 0 aliphatic carbocycles. The zero-order valence-electron chi connectivity index (χ0n) is 10.6. The Hall–Kier alpha value is -1.93. The van der Waals surface area contributed by atoms with E-state index < -0.39 is 0 Å². The average Bonchev–Trinajstić information content (AvgIpc) is 2.81. The van der Waals surface area contributed by atoms with Crippen molar-refractivity contribution in [2.24, 2.45) is 0 Å². The summed E-state index contributed by atoms with van der Waals surface area (Å²) in [6.45, 7) is 0.807. The van der Waals surface area contributed by atoms with Gasteiger partial charge in [-0.25, -0.2) is 0 Å². The van der Waals surface area contributed by atoms with Crippen LogP contribution >= 0.6 is 11.6 Å². The van der Waals surface area contributed by atoms with Crippen LogP contribution in [0.25, 0.3) is 10.9 Å². The minimum Gasteiger partial charge on any atom is -0.497 e. The molecule has 0 fully saturated rings. The van der Waals surface area contributed by atoms with Crippen LogP contribution in [0.4, 0.5) is 0 Å². The molecular formula is C16H14ClNO. The van der Waals surface area contributed by atoms with Crippen molar-refractivity contribution in [1.82, 2.24) is 4.57 Å². The van der Waals surface area contributed by atoms with Gasteiger partial charge in [-0.3, -0.25) is 0 Å². The maximum absolute atomic E-state index is 6.06. The van der Waals surface area contributed by atoms with Crippen LogP contribution in [0.1, 0.15) is 5.56 Å². The fraction of sp³-hybridized carbons (Fsp3) is 0.125. The van der Waals surface area contributed by atoms with Gasteiger partial charge in [0.1, 0.15) is 5.75 Å². The SMILES string of the molecule is COc1cccc(Cn2ccc3ccc(Cl)cc32)c1. The lowest BCUT2D eigenvalue weighted by molar-refractivity contribution is 0.414. The van der Waals surface area contributed by atoms with Crippen LogP contribution < -0.4 is 4.74 Å². The molecule has 0 saturated carbocycles. The number of methoxy groups -OCH3 is 1. The Kier molecular flexibility index (Phi) is 3.18. The highest BCUT2D eigenvalue weighted by molar-refractivity contribution is 6.31. The van der Waals surface area contributed by atoms with E-state index in [1.54, 1.807) is 7.11 Å². The highest BCUT2D eigenvalue weighted by Crippen LogP contribution is 2.22. The predicted octanol–water partition coefficient (Wildman–Crippen LogP) is 4.35. The molecule has 0 amide bonds. The smallest absolute Gasteiger partial charge is 0.119 e. The molecule has 0 unspecified atom stereocenters. The number of benzene rings is 2. The van der Waals surface area contributed by atoms with Crippen molar-refractivity contribution in [1.29, 1.82) is 0 Å². The number of ether oxygens (including phenoxy) is 1. The van der Waals surface area contributed by atoms with E-state index >= 15 is 0 Å². The monoisotopic (exact) mass is 271 g/mol. The Morgan fingerprint density at radius 2 is 2.00 bits per heavy atom. The molecular weight excluding hydrogens is 258 g/mol. The first-order valence-corrected chi connectivity index (χ1v) is 6.51. The quantitative estimate of drug-likeness (QED) is 0.691. The average molecular weight is 272 g/mol. The van der Waals surface area contributed by atoms with Gasteiger partial charge in [-0.2, -0.15) is 0 Å². The number of hydrogen-bond donors (Lipinski definition) is 0. The van der Waals surface area contributed by atoms with Crippen molar-refractivity contribution in [3.63, 3.8) is 0 Å². The third kappa shape index (κ3) is 2.45. The molecule has 3 aromatic rings. The third-order valence-corrected chi connectivity index (χ3v) is 3.46. The number of hydrogen-bond acceptors (Lipinski definition) is 1. The van der Waals surface area contributed by atoms with Gasteiger partial charge in [0, 0.05) is 23.3 Å². The van der Waals surface area contributed by atoms with Crippen LogP contribution in [-0.2, 0) is 6.54 Å². The zero-order valence-corrected chi connectivity index (χ0v) is 11.4. The Labute approximate surface area is 117 Å². The third-order valence-electron chi connectivity index (χ3n) is 3.22. The summed E-state index contributed by atoms with van der Waals surface area (Å²) in [7, 11) is 1.68. The van der Waals surface area contributed by atoms with Crippen LogP contribution in [0, 0.1) is 0 Å². The molecule has 0 spiro atoms. The molecule has 0 N–H and O–H groups in total. The summed E-state index contributed by atoms with van der Waals surface area (Å²) in [5, 5.41) is 1.96. The first-order chi connectivity index (χ1) is 9.26. The van der Waals surface area contributed by atoms with Crippen molar-refractivity contribution in [2.75, 3.05) is 7.11 Å². The summed E-state index contributed by atoms with van der Waals surface area (Å²) in [6, 6.07) is 16.2. The molecule has 96 valence electrons. The predicted molar refractivity (Wildman–Crippen MR) is 79.0 cm³/mol. The number of halogens is 1. The van der Waals surface area contributed by atoms with Crippen LogP contribution in [-0.4, -0.2) is 11.7 Å². The van der Waals surface area contributed by atoms with Gasteiger partial charge in [0.05, 0.1) is 7.11 Å². The molecule has 1 heterocycles. The van der Waals surface area contributed by atoms with E-state index in [9.17, 15) is 0 Å². The van der Waals surface area contributed by atoms with Crippen molar-refractivity contribution in [3.8, 4) is 5.75 Å². The van der Waals surface area contributed by atoms with E-state index in [1.807, 2.05) is 30.3 Å². The van der Waals surface area contributed by atoms with Gasteiger partial charge in [-0.05, 0) is 41.3 Å². The Balaban J connectivity index is 1.98. The molecule has 2 nitrogen and oxygen atoms in total. The first kappa shape index (κ1) is 12.1. The van der Waals surface area contributed by atoms with Gasteiger partial charge >= 0.3 is 0 Å². The largest absolute Gasteiger partial charge is 0.497 e. The molecule has 0 aliphatic rings. The van der Waals surface area contributed by atoms with E-state index in [0.29, 0.717) is 0 Å². The maximum atomic E-state index is 6.06. The molecule has 0 bridgehead atoms. The van der Waals surface area contributed by atoms with Gasteiger partial charge in [-0.15, -0.1) is 0 Å². The molecule has 0 saturated heterocycles. The maximum Gasteiger partial charge on any atom is 0.119 e. The van der Waals surface area contributed by atoms with Crippen molar-refractivity contribution in [2.45, 2.75) is 6.54 Å². The minimum atomic E-state index is 0.762. The number of nitrogens with zero attached hydrogens (tertiary/aromatic N) is 1. The van der Waals surface area contributed by atoms with Crippen molar-refractivity contribution >= 4 is 22.5 Å². The summed E-state index contributed by atoms with van der Waals surface area (Å²) in [6.07, 6.45) is 2.08. The summed E-state index contributed by atoms with van der Waals surface area (Å²) < 4.78 is 7.44. The highest BCUT2D eigenvalue weighted by atomic mass is 35.5. The van der Waals surface area contributed by atoms with E-state index in [-0.39, 0.29) is 0 Å². The van der Waals surface area contributed by atoms with Crippen molar-refractivity contribution < 1.29 is 4.74 Å². The normalized spacial score (nSPS) is 10.8. The minimum absolute atomic E-state index is 0.762. The standard InChI is InChI=1S/C16H14ClNO/c1-19-15-4-2-3-12(9-15)11-18-8-7-13-5-6-14(17)10-16(13)18/h2-10H,11H2,1H3. The van der Waals surface area contributed by atoms with E-state index in [4.69, 9.17) is 16.3 Å². The van der Waals surface area contributed by atoms with Gasteiger partial charge in [0.25, 0.3) is 0 Å². The lowest BCUT2D eigenvalue weighted by atomic mass is 10.2. The second-order valence-electron chi connectivity index (χ2n) is 4.50. The molecule has 19 heavy (non-hydrogen) atoms. The molecule has 3 heteroatoms. The zero-order chi connectivity index (χ0) is 13.2.